The second-order valence-corrected chi connectivity index (χ2v) is 6.08. The van der Waals surface area contributed by atoms with Gasteiger partial charge in [-0.2, -0.15) is 0 Å². The van der Waals surface area contributed by atoms with E-state index in [1.807, 2.05) is 0 Å². The van der Waals surface area contributed by atoms with Crippen molar-refractivity contribution in [3.63, 3.8) is 0 Å². The molecule has 0 aromatic heterocycles. The molecular weight excluding hydrogens is 258 g/mol. The zero-order chi connectivity index (χ0) is 14.1. The maximum Gasteiger partial charge on any atom is 0.163 e. The van der Waals surface area contributed by atoms with Crippen molar-refractivity contribution in [2.45, 2.75) is 32.2 Å². The highest BCUT2D eigenvalue weighted by Gasteiger charge is 2.32. The van der Waals surface area contributed by atoms with Crippen LogP contribution in [0.2, 0.25) is 0 Å². The van der Waals surface area contributed by atoms with E-state index in [1.54, 1.807) is 19.1 Å². The summed E-state index contributed by atoms with van der Waals surface area (Å²) in [6.07, 6.45) is 3.43. The lowest BCUT2D eigenvalue weighted by Gasteiger charge is -2.35. The molecule has 0 unspecified atom stereocenters. The van der Waals surface area contributed by atoms with Crippen molar-refractivity contribution in [3.05, 3.63) is 34.9 Å². The van der Waals surface area contributed by atoms with Gasteiger partial charge in [0.05, 0.1) is 0 Å². The first-order valence-corrected chi connectivity index (χ1v) is 7.56. The molecule has 1 atom stereocenters. The number of nitrogens with zero attached hydrogens (tertiary/aromatic N) is 1. The average molecular weight is 280 g/mol. The van der Waals surface area contributed by atoms with E-state index in [9.17, 15) is 8.78 Å². The summed E-state index contributed by atoms with van der Waals surface area (Å²) in [5.74, 6) is -0.633. The van der Waals surface area contributed by atoms with Gasteiger partial charge in [0.1, 0.15) is 0 Å². The van der Waals surface area contributed by atoms with Crippen LogP contribution in [0.25, 0.3) is 0 Å². The van der Waals surface area contributed by atoms with E-state index in [2.05, 4.69) is 10.2 Å². The number of nitrogens with one attached hydrogen (secondary N) is 1. The Labute approximate surface area is 119 Å². The fraction of sp³-hybridized carbons (Fsp3) is 0.625. The summed E-state index contributed by atoms with van der Waals surface area (Å²) >= 11 is 0. The number of piperazine rings is 1. The minimum atomic E-state index is -0.682. The topological polar surface area (TPSA) is 15.3 Å². The summed E-state index contributed by atoms with van der Waals surface area (Å²) < 4.78 is 28.2. The molecule has 2 nitrogen and oxygen atoms in total. The lowest BCUT2D eigenvalue weighted by molar-refractivity contribution is 0.156. The number of hydrogen-bond donors (Lipinski definition) is 1. The van der Waals surface area contributed by atoms with Crippen molar-refractivity contribution in [1.82, 2.24) is 10.2 Å². The second kappa shape index (κ2) is 5.78. The third kappa shape index (κ3) is 2.86. The first-order valence-electron chi connectivity index (χ1n) is 7.56. The number of hydrogen-bond acceptors (Lipinski definition) is 2. The number of aryl methyl sites for hydroxylation is 1. The van der Waals surface area contributed by atoms with E-state index in [0.717, 1.165) is 32.6 Å². The van der Waals surface area contributed by atoms with Crippen molar-refractivity contribution < 1.29 is 8.78 Å². The Bertz CT molecular complexity index is 480. The van der Waals surface area contributed by atoms with Crippen LogP contribution < -0.4 is 5.32 Å². The standard InChI is InChI=1S/C16H22F2N2/c1-11-2-5-13(16(18)15(11)17)14(10-12-3-4-12)20-8-6-19-7-9-20/h2,5,12,14,19H,3-4,6-10H2,1H3/t14-/m1/s1. The van der Waals surface area contributed by atoms with Gasteiger partial charge < -0.3 is 5.32 Å². The van der Waals surface area contributed by atoms with E-state index < -0.39 is 11.6 Å². The summed E-state index contributed by atoms with van der Waals surface area (Å²) in [7, 11) is 0. The molecule has 1 aromatic carbocycles. The van der Waals surface area contributed by atoms with Crippen molar-refractivity contribution in [2.24, 2.45) is 5.92 Å². The Balaban J connectivity index is 1.89. The summed E-state index contributed by atoms with van der Waals surface area (Å²) in [6.45, 7) is 5.29. The summed E-state index contributed by atoms with van der Waals surface area (Å²) in [6, 6.07) is 3.51. The Kier molecular flexibility index (Phi) is 4.03. The van der Waals surface area contributed by atoms with Crippen molar-refractivity contribution >= 4 is 0 Å². The summed E-state index contributed by atoms with van der Waals surface area (Å²) in [4.78, 5) is 2.31. The van der Waals surface area contributed by atoms with E-state index in [-0.39, 0.29) is 6.04 Å². The largest absolute Gasteiger partial charge is 0.314 e. The van der Waals surface area contributed by atoms with Crippen LogP contribution in [0.15, 0.2) is 12.1 Å². The molecule has 110 valence electrons. The van der Waals surface area contributed by atoms with Gasteiger partial charge in [-0.25, -0.2) is 8.78 Å². The SMILES string of the molecule is Cc1ccc([C@@H](CC2CC2)N2CCNCC2)c(F)c1F. The molecule has 3 rings (SSSR count). The van der Waals surface area contributed by atoms with Crippen LogP contribution in [0.5, 0.6) is 0 Å². The molecule has 1 saturated heterocycles. The number of benzene rings is 1. The number of rotatable bonds is 4. The first kappa shape index (κ1) is 14.0. The first-order chi connectivity index (χ1) is 9.66. The van der Waals surface area contributed by atoms with Crippen molar-refractivity contribution in [2.75, 3.05) is 26.2 Å². The summed E-state index contributed by atoms with van der Waals surface area (Å²) in [5.41, 5.74) is 0.929. The van der Waals surface area contributed by atoms with Gasteiger partial charge in [-0.15, -0.1) is 0 Å². The zero-order valence-electron chi connectivity index (χ0n) is 12.0. The van der Waals surface area contributed by atoms with Gasteiger partial charge in [0.25, 0.3) is 0 Å². The molecule has 1 saturated carbocycles. The molecule has 2 aliphatic rings. The van der Waals surface area contributed by atoms with Gasteiger partial charge in [0.15, 0.2) is 11.6 Å². The third-order valence-corrected chi connectivity index (χ3v) is 4.51. The van der Waals surface area contributed by atoms with E-state index in [0.29, 0.717) is 17.0 Å². The van der Waals surface area contributed by atoms with Gasteiger partial charge in [0.2, 0.25) is 0 Å². The lowest BCUT2D eigenvalue weighted by atomic mass is 9.97. The van der Waals surface area contributed by atoms with Gasteiger partial charge in [0, 0.05) is 37.8 Å². The Morgan fingerprint density at radius 1 is 1.20 bits per heavy atom. The molecule has 1 aromatic rings. The lowest BCUT2D eigenvalue weighted by Crippen LogP contribution is -2.45. The average Bonchev–Trinajstić information content (AvgIpc) is 3.28. The highest BCUT2D eigenvalue weighted by atomic mass is 19.2. The van der Waals surface area contributed by atoms with Crippen LogP contribution >= 0.6 is 0 Å². The van der Waals surface area contributed by atoms with Crippen molar-refractivity contribution in [3.8, 4) is 0 Å². The number of halogens is 2. The Hall–Kier alpha value is -1.00. The highest BCUT2D eigenvalue weighted by Crippen LogP contribution is 2.41. The second-order valence-electron chi connectivity index (χ2n) is 6.08. The molecule has 2 fully saturated rings. The molecule has 0 amide bonds. The molecule has 0 radical (unpaired) electrons. The predicted molar refractivity (Wildman–Crippen MR) is 75.6 cm³/mol. The van der Waals surface area contributed by atoms with Crippen LogP contribution in [-0.2, 0) is 0 Å². The Morgan fingerprint density at radius 3 is 2.55 bits per heavy atom. The normalized spacial score (nSPS) is 21.9. The molecule has 1 aliphatic heterocycles. The van der Waals surface area contributed by atoms with Crippen LogP contribution in [0, 0.1) is 24.5 Å². The minimum Gasteiger partial charge on any atom is -0.314 e. The maximum atomic E-state index is 14.3. The fourth-order valence-electron chi connectivity index (χ4n) is 3.05. The molecule has 0 spiro atoms. The van der Waals surface area contributed by atoms with Crippen molar-refractivity contribution in [1.29, 1.82) is 0 Å². The predicted octanol–water partition coefficient (Wildman–Crippen LogP) is 3.02. The summed E-state index contributed by atoms with van der Waals surface area (Å²) in [5, 5.41) is 3.32. The molecule has 4 heteroatoms. The van der Waals surface area contributed by atoms with Crippen LogP contribution in [0.1, 0.15) is 36.4 Å². The quantitative estimate of drug-likeness (QED) is 0.912. The van der Waals surface area contributed by atoms with Crippen LogP contribution in [0.4, 0.5) is 8.78 Å². The molecule has 0 bridgehead atoms. The third-order valence-electron chi connectivity index (χ3n) is 4.51. The fourth-order valence-corrected chi connectivity index (χ4v) is 3.05. The van der Waals surface area contributed by atoms with Gasteiger partial charge >= 0.3 is 0 Å². The smallest absolute Gasteiger partial charge is 0.163 e. The molecule has 20 heavy (non-hydrogen) atoms. The highest BCUT2D eigenvalue weighted by molar-refractivity contribution is 5.28. The van der Waals surface area contributed by atoms with E-state index >= 15 is 0 Å². The maximum absolute atomic E-state index is 14.3. The van der Waals surface area contributed by atoms with E-state index in [4.69, 9.17) is 0 Å². The van der Waals surface area contributed by atoms with Gasteiger partial charge in [-0.3, -0.25) is 4.90 Å². The molecule has 1 aliphatic carbocycles. The molecule has 1 heterocycles. The van der Waals surface area contributed by atoms with Gasteiger partial charge in [-0.05, 0) is 24.8 Å². The monoisotopic (exact) mass is 280 g/mol. The van der Waals surface area contributed by atoms with Crippen LogP contribution in [-0.4, -0.2) is 31.1 Å². The van der Waals surface area contributed by atoms with Gasteiger partial charge in [-0.1, -0.05) is 25.0 Å². The minimum absolute atomic E-state index is 0.0275. The zero-order valence-corrected chi connectivity index (χ0v) is 12.0. The Morgan fingerprint density at radius 2 is 1.90 bits per heavy atom. The molecular formula is C16H22F2N2. The van der Waals surface area contributed by atoms with Crippen LogP contribution in [0.3, 0.4) is 0 Å². The molecule has 1 N–H and O–H groups in total. The van der Waals surface area contributed by atoms with E-state index in [1.165, 1.54) is 12.8 Å².